The van der Waals surface area contributed by atoms with E-state index < -0.39 is 36.0 Å². The van der Waals surface area contributed by atoms with Gasteiger partial charge < -0.3 is 15.7 Å². The van der Waals surface area contributed by atoms with Crippen molar-refractivity contribution in [3.63, 3.8) is 0 Å². The smallest absolute Gasteiger partial charge is 0.475 e. The summed E-state index contributed by atoms with van der Waals surface area (Å²) in [7, 11) is 0. The van der Waals surface area contributed by atoms with Crippen molar-refractivity contribution >= 4 is 11.9 Å². The number of carboxylic acids is 1. The van der Waals surface area contributed by atoms with Gasteiger partial charge in [0.15, 0.2) is 0 Å². The van der Waals surface area contributed by atoms with E-state index in [1.807, 2.05) is 6.92 Å². The lowest BCUT2D eigenvalue weighted by Crippen LogP contribution is -2.45. The third-order valence-corrected chi connectivity index (χ3v) is 5.18. The Morgan fingerprint density at radius 3 is 2.18 bits per heavy atom. The van der Waals surface area contributed by atoms with E-state index in [2.05, 4.69) is 0 Å². The second-order valence-corrected chi connectivity index (χ2v) is 7.53. The first-order valence-corrected chi connectivity index (χ1v) is 9.85. The van der Waals surface area contributed by atoms with E-state index >= 15 is 0 Å². The molecular formula is C22H22F6N2O3. The zero-order chi connectivity index (χ0) is 24.9. The summed E-state index contributed by atoms with van der Waals surface area (Å²) in [6.07, 6.45) is -5.72. The first-order chi connectivity index (χ1) is 15.3. The van der Waals surface area contributed by atoms with Crippen LogP contribution in [0.1, 0.15) is 24.8 Å². The number of hydrogen-bond donors (Lipinski definition) is 2. The predicted molar refractivity (Wildman–Crippen MR) is 108 cm³/mol. The van der Waals surface area contributed by atoms with Crippen LogP contribution < -0.4 is 5.73 Å². The summed E-state index contributed by atoms with van der Waals surface area (Å²) in [6.45, 7) is 2.30. The Kier molecular flexibility index (Phi) is 8.48. The van der Waals surface area contributed by atoms with Crippen molar-refractivity contribution in [1.82, 2.24) is 4.90 Å². The summed E-state index contributed by atoms with van der Waals surface area (Å²) in [5.41, 5.74) is 7.61. The molecule has 3 N–H and O–H groups in total. The molecule has 0 bridgehead atoms. The fourth-order valence-electron chi connectivity index (χ4n) is 3.23. The number of halogens is 6. The normalized spacial score (nSPS) is 17.7. The van der Waals surface area contributed by atoms with Crippen LogP contribution in [-0.2, 0) is 9.59 Å². The van der Waals surface area contributed by atoms with E-state index in [4.69, 9.17) is 15.6 Å². The molecule has 0 saturated carbocycles. The maximum atomic E-state index is 13.9. The molecule has 33 heavy (non-hydrogen) atoms. The summed E-state index contributed by atoms with van der Waals surface area (Å²) in [6, 6.07) is 9.37. The van der Waals surface area contributed by atoms with Crippen molar-refractivity contribution in [2.75, 3.05) is 13.1 Å². The molecule has 0 unspecified atom stereocenters. The minimum Gasteiger partial charge on any atom is -0.475 e. The van der Waals surface area contributed by atoms with Gasteiger partial charge in [0.2, 0.25) is 5.91 Å². The molecule has 0 aliphatic carbocycles. The largest absolute Gasteiger partial charge is 0.490 e. The zero-order valence-corrected chi connectivity index (χ0v) is 17.5. The number of alkyl halides is 4. The lowest BCUT2D eigenvalue weighted by molar-refractivity contribution is -0.192. The van der Waals surface area contributed by atoms with Gasteiger partial charge in [-0.2, -0.15) is 13.2 Å². The second-order valence-electron chi connectivity index (χ2n) is 7.53. The summed E-state index contributed by atoms with van der Waals surface area (Å²) < 4.78 is 72.3. The van der Waals surface area contributed by atoms with Crippen LogP contribution in [0.4, 0.5) is 26.3 Å². The number of likely N-dealkylation sites (tertiary alicyclic amines) is 1. The molecule has 180 valence electrons. The van der Waals surface area contributed by atoms with Crippen molar-refractivity contribution in [2.24, 2.45) is 5.73 Å². The van der Waals surface area contributed by atoms with Gasteiger partial charge in [-0.15, -0.1) is 0 Å². The minimum absolute atomic E-state index is 0.0943. The molecule has 1 heterocycles. The van der Waals surface area contributed by atoms with Gasteiger partial charge >= 0.3 is 12.1 Å². The number of aliphatic carboxylic acids is 1. The fourth-order valence-corrected chi connectivity index (χ4v) is 3.23. The van der Waals surface area contributed by atoms with Gasteiger partial charge in [0.1, 0.15) is 17.8 Å². The van der Waals surface area contributed by atoms with Crippen molar-refractivity contribution in [3.8, 4) is 11.1 Å². The number of carbonyl (C=O) groups excluding carboxylic acids is 1. The molecule has 0 aromatic heterocycles. The Morgan fingerprint density at radius 2 is 1.70 bits per heavy atom. The molecule has 5 nitrogen and oxygen atoms in total. The van der Waals surface area contributed by atoms with E-state index in [1.165, 1.54) is 4.90 Å². The van der Waals surface area contributed by atoms with E-state index in [0.29, 0.717) is 18.5 Å². The molecule has 3 rings (SSSR count). The third kappa shape index (κ3) is 6.95. The maximum absolute atomic E-state index is 13.9. The molecule has 1 amide bonds. The number of nitrogens with zero attached hydrogens (tertiary/aromatic N) is 1. The summed E-state index contributed by atoms with van der Waals surface area (Å²) in [4.78, 5) is 22.8. The van der Waals surface area contributed by atoms with Crippen LogP contribution in [0.3, 0.4) is 0 Å². The molecule has 2 aromatic rings. The van der Waals surface area contributed by atoms with E-state index in [0.717, 1.165) is 23.8 Å². The van der Waals surface area contributed by atoms with Crippen molar-refractivity contribution in [3.05, 3.63) is 59.7 Å². The average molecular weight is 476 g/mol. The number of hydrogen-bond acceptors (Lipinski definition) is 3. The number of rotatable bonds is 4. The molecule has 1 aliphatic heterocycles. The Morgan fingerprint density at radius 1 is 1.12 bits per heavy atom. The number of carboxylic acid groups (broad SMARTS) is 1. The van der Waals surface area contributed by atoms with Crippen LogP contribution >= 0.6 is 0 Å². The number of carbonyl (C=O) groups is 2. The van der Waals surface area contributed by atoms with Crippen LogP contribution in [0.2, 0.25) is 0 Å². The first kappa shape index (κ1) is 26.2. The second kappa shape index (κ2) is 10.7. The standard InChI is InChI=1S/C20H21F3N2O.C2HF3O2/c1-12(19(24)20(26)25-9-8-16(22)11-25)13-2-4-14(5-3-13)17-10-15(21)6-7-18(17)23;3-2(4,5)1(6)7/h2-7,10,12,16,19H,8-9,11,24H2,1H3;(H,6,7)/t12-,16-,19-;/m0./s1. The monoisotopic (exact) mass is 476 g/mol. The van der Waals surface area contributed by atoms with Gasteiger partial charge in [-0.05, 0) is 35.7 Å². The summed E-state index contributed by atoms with van der Waals surface area (Å²) in [5.74, 6) is -4.32. The lowest BCUT2D eigenvalue weighted by atomic mass is 9.91. The topological polar surface area (TPSA) is 83.6 Å². The van der Waals surface area contributed by atoms with Crippen molar-refractivity contribution in [1.29, 1.82) is 0 Å². The molecule has 0 radical (unpaired) electrons. The highest BCUT2D eigenvalue weighted by atomic mass is 19.4. The summed E-state index contributed by atoms with van der Waals surface area (Å²) in [5, 5.41) is 7.12. The SMILES string of the molecule is C[C@@H](c1ccc(-c2cc(F)ccc2F)cc1)[C@H](N)C(=O)N1CC[C@H](F)C1.O=C(O)C(F)(F)F. The Bertz CT molecular complexity index is 981. The van der Waals surface area contributed by atoms with Crippen LogP contribution in [0, 0.1) is 11.6 Å². The summed E-state index contributed by atoms with van der Waals surface area (Å²) >= 11 is 0. The van der Waals surface area contributed by atoms with Gasteiger partial charge in [-0.1, -0.05) is 31.2 Å². The molecular weight excluding hydrogens is 454 g/mol. The van der Waals surface area contributed by atoms with E-state index in [1.54, 1.807) is 24.3 Å². The van der Waals surface area contributed by atoms with Crippen molar-refractivity contribution < 1.29 is 41.0 Å². The first-order valence-electron chi connectivity index (χ1n) is 9.85. The molecule has 1 aliphatic rings. The van der Waals surface area contributed by atoms with Crippen molar-refractivity contribution in [2.45, 2.75) is 37.7 Å². The highest BCUT2D eigenvalue weighted by molar-refractivity contribution is 5.83. The van der Waals surface area contributed by atoms with Crippen LogP contribution in [0.15, 0.2) is 42.5 Å². The molecule has 0 spiro atoms. The molecule has 11 heteroatoms. The number of nitrogens with two attached hydrogens (primary N) is 1. The fraction of sp³-hybridized carbons (Fsp3) is 0.364. The quantitative estimate of drug-likeness (QED) is 0.646. The molecule has 1 fully saturated rings. The van der Waals surface area contributed by atoms with E-state index in [-0.39, 0.29) is 23.9 Å². The Labute approximate surface area is 185 Å². The van der Waals surface area contributed by atoms with Crippen LogP contribution in [-0.4, -0.2) is 53.4 Å². The molecule has 2 aromatic carbocycles. The van der Waals surface area contributed by atoms with Crippen LogP contribution in [0.5, 0.6) is 0 Å². The third-order valence-electron chi connectivity index (χ3n) is 5.18. The number of amides is 1. The minimum atomic E-state index is -5.08. The van der Waals surface area contributed by atoms with E-state index in [9.17, 15) is 31.1 Å². The lowest BCUT2D eigenvalue weighted by Gasteiger charge is -2.25. The van der Waals surface area contributed by atoms with Gasteiger partial charge in [-0.3, -0.25) is 4.79 Å². The maximum Gasteiger partial charge on any atom is 0.490 e. The Balaban J connectivity index is 0.000000479. The molecule has 1 saturated heterocycles. The number of benzene rings is 2. The Hall–Kier alpha value is -3.08. The predicted octanol–water partition coefficient (Wildman–Crippen LogP) is 4.27. The van der Waals surface area contributed by atoms with Gasteiger partial charge in [0, 0.05) is 18.0 Å². The molecule has 3 atom stereocenters. The van der Waals surface area contributed by atoms with Gasteiger partial charge in [0.05, 0.1) is 12.6 Å². The highest BCUT2D eigenvalue weighted by Gasteiger charge is 2.38. The van der Waals surface area contributed by atoms with Crippen LogP contribution in [0.25, 0.3) is 11.1 Å². The zero-order valence-electron chi connectivity index (χ0n) is 17.5. The van der Waals surface area contributed by atoms with Gasteiger partial charge in [-0.25, -0.2) is 18.0 Å². The average Bonchev–Trinajstić information content (AvgIpc) is 3.20. The highest BCUT2D eigenvalue weighted by Crippen LogP contribution is 2.27. The van der Waals surface area contributed by atoms with Gasteiger partial charge in [0.25, 0.3) is 0 Å².